The predicted octanol–water partition coefficient (Wildman–Crippen LogP) is 2.27. The second-order valence-electron chi connectivity index (χ2n) is 4.38. The molecule has 8 nitrogen and oxygen atoms in total. The van der Waals surface area contributed by atoms with Gasteiger partial charge in [-0.05, 0) is 23.8 Å². The van der Waals surface area contributed by atoms with Crippen LogP contribution in [0.3, 0.4) is 0 Å². The summed E-state index contributed by atoms with van der Waals surface area (Å²) in [6, 6.07) is 10.2. The zero-order valence-corrected chi connectivity index (χ0v) is 11.2. The van der Waals surface area contributed by atoms with Crippen molar-refractivity contribution in [2.75, 3.05) is 5.32 Å². The molecular weight excluding hydrogens is 288 g/mol. The maximum Gasteiger partial charge on any atom is 0.337 e. The van der Waals surface area contributed by atoms with Gasteiger partial charge in [-0.25, -0.2) is 4.79 Å². The number of nitrogens with two attached hydrogens (primary N) is 1. The predicted molar refractivity (Wildman–Crippen MR) is 81.0 cm³/mol. The Bertz CT molecular complexity index is 756. The number of rotatable bonds is 4. The Hall–Kier alpha value is -3.42. The minimum absolute atomic E-state index is 0.0500. The molecule has 0 saturated carbocycles. The second-order valence-corrected chi connectivity index (χ2v) is 4.38. The molecule has 0 aliphatic rings. The number of aromatic carboxylic acids is 1. The van der Waals surface area contributed by atoms with Gasteiger partial charge in [0.05, 0.1) is 16.2 Å². The standard InChI is InChI=1S/C14H12N4O4/c15-14(16)17-12-10(2-1-3-11(12)13(19)20)8-4-6-9(7-5-8)18(21)22/h1-7H,(H,19,20)(H4,15,16,17). The molecule has 2 aromatic rings. The summed E-state index contributed by atoms with van der Waals surface area (Å²) in [5.74, 6) is -1.58. The van der Waals surface area contributed by atoms with Crippen molar-refractivity contribution in [3.05, 3.63) is 58.1 Å². The molecule has 0 radical (unpaired) electrons. The Balaban J connectivity index is 2.58. The van der Waals surface area contributed by atoms with E-state index in [1.165, 1.54) is 30.3 Å². The summed E-state index contributed by atoms with van der Waals surface area (Å²) < 4.78 is 0. The maximum absolute atomic E-state index is 11.3. The van der Waals surface area contributed by atoms with Crippen LogP contribution in [0.5, 0.6) is 0 Å². The number of anilines is 1. The minimum Gasteiger partial charge on any atom is -0.478 e. The van der Waals surface area contributed by atoms with E-state index < -0.39 is 16.9 Å². The fraction of sp³-hybridized carbons (Fsp3) is 0. The molecule has 0 aliphatic carbocycles. The molecule has 2 aromatic carbocycles. The zero-order chi connectivity index (χ0) is 16.3. The average molecular weight is 300 g/mol. The number of carboxylic acids is 1. The Labute approximate surface area is 124 Å². The SMILES string of the molecule is N=C(N)Nc1c(C(=O)O)cccc1-c1ccc([N+](=O)[O-])cc1. The first-order valence-electron chi connectivity index (χ1n) is 6.12. The molecule has 0 bridgehead atoms. The number of carbonyl (C=O) groups is 1. The summed E-state index contributed by atoms with van der Waals surface area (Å²) in [6.45, 7) is 0. The van der Waals surface area contributed by atoms with Gasteiger partial charge in [0.1, 0.15) is 0 Å². The highest BCUT2D eigenvalue weighted by Gasteiger charge is 2.16. The maximum atomic E-state index is 11.3. The van der Waals surface area contributed by atoms with Crippen molar-refractivity contribution in [2.45, 2.75) is 0 Å². The Morgan fingerprint density at radius 3 is 2.36 bits per heavy atom. The Kier molecular flexibility index (Phi) is 4.03. The molecule has 8 heteroatoms. The molecule has 0 heterocycles. The quantitative estimate of drug-likeness (QED) is 0.295. The van der Waals surface area contributed by atoms with E-state index in [4.69, 9.17) is 11.1 Å². The molecule has 0 fully saturated rings. The van der Waals surface area contributed by atoms with Crippen molar-refractivity contribution >= 4 is 23.3 Å². The number of nitro groups is 1. The largest absolute Gasteiger partial charge is 0.478 e. The lowest BCUT2D eigenvalue weighted by molar-refractivity contribution is -0.384. The third-order valence-corrected chi connectivity index (χ3v) is 2.94. The van der Waals surface area contributed by atoms with Crippen LogP contribution in [0, 0.1) is 15.5 Å². The Morgan fingerprint density at radius 2 is 1.86 bits per heavy atom. The van der Waals surface area contributed by atoms with Crippen LogP contribution in [0.2, 0.25) is 0 Å². The van der Waals surface area contributed by atoms with Crippen LogP contribution >= 0.6 is 0 Å². The molecule has 5 N–H and O–H groups in total. The third-order valence-electron chi connectivity index (χ3n) is 2.94. The van der Waals surface area contributed by atoms with E-state index in [1.807, 2.05) is 0 Å². The fourth-order valence-corrected chi connectivity index (χ4v) is 2.00. The highest BCUT2D eigenvalue weighted by molar-refractivity contribution is 6.05. The van der Waals surface area contributed by atoms with Crippen LogP contribution in [-0.2, 0) is 0 Å². The van der Waals surface area contributed by atoms with E-state index in [2.05, 4.69) is 5.32 Å². The van der Waals surface area contributed by atoms with Gasteiger partial charge in [0.15, 0.2) is 5.96 Å². The first kappa shape index (κ1) is 15.0. The summed E-state index contributed by atoms with van der Waals surface area (Å²) in [6.07, 6.45) is 0. The Morgan fingerprint density at radius 1 is 1.23 bits per heavy atom. The number of benzene rings is 2. The van der Waals surface area contributed by atoms with Crippen molar-refractivity contribution < 1.29 is 14.8 Å². The van der Waals surface area contributed by atoms with E-state index in [0.717, 1.165) is 0 Å². The number of hydrogen-bond acceptors (Lipinski definition) is 4. The van der Waals surface area contributed by atoms with Crippen LogP contribution in [0.4, 0.5) is 11.4 Å². The summed E-state index contributed by atoms with van der Waals surface area (Å²) >= 11 is 0. The van der Waals surface area contributed by atoms with Gasteiger partial charge in [-0.3, -0.25) is 15.5 Å². The van der Waals surface area contributed by atoms with Gasteiger partial charge in [-0.15, -0.1) is 0 Å². The first-order valence-corrected chi connectivity index (χ1v) is 6.12. The number of non-ortho nitro benzene ring substituents is 1. The number of carboxylic acid groups (broad SMARTS) is 1. The lowest BCUT2D eigenvalue weighted by Crippen LogP contribution is -2.22. The van der Waals surface area contributed by atoms with Crippen molar-refractivity contribution in [1.82, 2.24) is 0 Å². The van der Waals surface area contributed by atoms with Gasteiger partial charge in [0, 0.05) is 17.7 Å². The van der Waals surface area contributed by atoms with Gasteiger partial charge >= 0.3 is 5.97 Å². The van der Waals surface area contributed by atoms with Crippen molar-refractivity contribution in [2.24, 2.45) is 5.73 Å². The van der Waals surface area contributed by atoms with Crippen molar-refractivity contribution in [3.8, 4) is 11.1 Å². The smallest absolute Gasteiger partial charge is 0.337 e. The molecule has 112 valence electrons. The number of guanidine groups is 1. The highest BCUT2D eigenvalue weighted by Crippen LogP contribution is 2.32. The monoisotopic (exact) mass is 300 g/mol. The molecule has 0 saturated heterocycles. The number of para-hydroxylation sites is 1. The normalized spacial score (nSPS) is 10.0. The molecular formula is C14H12N4O4. The molecule has 2 rings (SSSR count). The zero-order valence-electron chi connectivity index (χ0n) is 11.2. The van der Waals surface area contributed by atoms with Crippen LogP contribution < -0.4 is 11.1 Å². The van der Waals surface area contributed by atoms with Crippen LogP contribution in [-0.4, -0.2) is 22.0 Å². The van der Waals surface area contributed by atoms with Gasteiger partial charge in [0.2, 0.25) is 0 Å². The highest BCUT2D eigenvalue weighted by atomic mass is 16.6. The molecule has 0 amide bonds. The molecule has 0 unspecified atom stereocenters. The topological polar surface area (TPSA) is 142 Å². The number of nitrogens with one attached hydrogen (secondary N) is 2. The van der Waals surface area contributed by atoms with E-state index in [-0.39, 0.29) is 16.9 Å². The van der Waals surface area contributed by atoms with E-state index >= 15 is 0 Å². The number of nitrogens with zero attached hydrogens (tertiary/aromatic N) is 1. The van der Waals surface area contributed by atoms with Gasteiger partial charge in [-0.2, -0.15) is 0 Å². The summed E-state index contributed by atoms with van der Waals surface area (Å²) in [5, 5.41) is 29.7. The lowest BCUT2D eigenvalue weighted by Gasteiger charge is -2.13. The number of nitro benzene ring substituents is 1. The lowest BCUT2D eigenvalue weighted by atomic mass is 9.99. The van der Waals surface area contributed by atoms with Crippen molar-refractivity contribution in [1.29, 1.82) is 5.41 Å². The van der Waals surface area contributed by atoms with E-state index in [1.54, 1.807) is 12.1 Å². The molecule has 22 heavy (non-hydrogen) atoms. The van der Waals surface area contributed by atoms with Gasteiger partial charge in [-0.1, -0.05) is 12.1 Å². The van der Waals surface area contributed by atoms with E-state index in [0.29, 0.717) is 11.1 Å². The van der Waals surface area contributed by atoms with Crippen LogP contribution in [0.15, 0.2) is 42.5 Å². The fourth-order valence-electron chi connectivity index (χ4n) is 2.00. The summed E-state index contributed by atoms with van der Waals surface area (Å²) in [7, 11) is 0. The minimum atomic E-state index is -1.17. The van der Waals surface area contributed by atoms with Crippen molar-refractivity contribution in [3.63, 3.8) is 0 Å². The van der Waals surface area contributed by atoms with Gasteiger partial charge < -0.3 is 16.2 Å². The summed E-state index contributed by atoms with van der Waals surface area (Å²) in [4.78, 5) is 21.4. The van der Waals surface area contributed by atoms with Crippen LogP contribution in [0.1, 0.15) is 10.4 Å². The molecule has 0 aliphatic heterocycles. The third kappa shape index (κ3) is 3.01. The van der Waals surface area contributed by atoms with Crippen LogP contribution in [0.25, 0.3) is 11.1 Å². The number of hydrogen-bond donors (Lipinski definition) is 4. The second kappa shape index (κ2) is 5.92. The molecule has 0 aromatic heterocycles. The first-order chi connectivity index (χ1) is 10.4. The molecule has 0 atom stereocenters. The van der Waals surface area contributed by atoms with Gasteiger partial charge in [0.25, 0.3) is 5.69 Å². The average Bonchev–Trinajstić information content (AvgIpc) is 2.46. The summed E-state index contributed by atoms with van der Waals surface area (Å²) in [5.41, 5.74) is 6.38. The van der Waals surface area contributed by atoms with E-state index in [9.17, 15) is 20.0 Å². The molecule has 0 spiro atoms.